The van der Waals surface area contributed by atoms with Gasteiger partial charge in [0.05, 0.1) is 31.1 Å². The molecule has 2 aromatic rings. The van der Waals surface area contributed by atoms with Crippen molar-refractivity contribution in [3.63, 3.8) is 0 Å². The summed E-state index contributed by atoms with van der Waals surface area (Å²) in [5, 5.41) is 11.4. The molecule has 4 rings (SSSR count). The number of likely N-dealkylation sites (N-methyl/N-ethyl adjacent to an activating group) is 1. The van der Waals surface area contributed by atoms with Crippen LogP contribution in [0.1, 0.15) is 70.4 Å². The molecule has 1 N–H and O–H groups in total. The predicted octanol–water partition coefficient (Wildman–Crippen LogP) is -7.38. The van der Waals surface area contributed by atoms with Gasteiger partial charge in [0.15, 0.2) is 5.71 Å². The molecule has 0 spiro atoms. The van der Waals surface area contributed by atoms with E-state index in [4.69, 9.17) is 0 Å². The minimum Gasteiger partial charge on any atom is -0.748 e. The van der Waals surface area contributed by atoms with Crippen LogP contribution in [0, 0.1) is 0 Å². The Hall–Kier alpha value is -0.500. The van der Waals surface area contributed by atoms with Crippen LogP contribution in [0.4, 0.5) is 11.4 Å². The summed E-state index contributed by atoms with van der Waals surface area (Å²) in [6, 6.07) is 7.54. The zero-order valence-corrected chi connectivity index (χ0v) is 41.3. The van der Waals surface area contributed by atoms with E-state index in [1.807, 2.05) is 11.8 Å². The first-order chi connectivity index (χ1) is 24.3. The smallest absolute Gasteiger partial charge is 0.748 e. The van der Waals surface area contributed by atoms with E-state index in [0.717, 1.165) is 12.1 Å². The molecule has 2 aliphatic heterocycles. The summed E-state index contributed by atoms with van der Waals surface area (Å²) in [5.74, 6) is -2.64. The van der Waals surface area contributed by atoms with Gasteiger partial charge in [0.2, 0.25) is 5.69 Å². The van der Waals surface area contributed by atoms with E-state index in [1.165, 1.54) is 24.3 Å². The van der Waals surface area contributed by atoms with Crippen LogP contribution < -0.4 is 98.7 Å². The molecule has 23 heteroatoms. The average molecular weight is 885 g/mol. The standard InChI is InChI=1S/C33H42N2O14S4.3Na/c1-4-34-27-14-12-23(52(44,45)46)21-25(27)33(3,17-7-19-50(38,39)40)29(34)9-5-10-30-32(2,16-6-11-31(36)37)26-22-24(53(47,48)49)13-15-28(26)35(30)18-8-20-51(41,42)43;;;/h5,9-10,12-15,21-22H,4,6-8,11,16-20H2,1-3H3,(H4-,36,37,38,39,40,41,42,43,44,45,46,47,48,49);;;/q;3*+1/p-3. The van der Waals surface area contributed by atoms with E-state index >= 15 is 0 Å². The van der Waals surface area contributed by atoms with Crippen LogP contribution in [-0.4, -0.2) is 92.7 Å². The first kappa shape index (κ1) is 53.5. The van der Waals surface area contributed by atoms with Crippen LogP contribution in [0.2, 0.25) is 0 Å². The fourth-order valence-corrected chi connectivity index (χ4v) is 9.29. The first-order valence-electron chi connectivity index (χ1n) is 16.4. The Morgan fingerprint density at radius 1 is 0.804 bits per heavy atom. The number of allylic oxidation sites excluding steroid dienone is 4. The maximum atomic E-state index is 12.0. The minimum atomic E-state index is -4.93. The van der Waals surface area contributed by atoms with Crippen molar-refractivity contribution in [1.29, 1.82) is 0 Å². The summed E-state index contributed by atoms with van der Waals surface area (Å²) in [7, 11) is -18.8. The largest absolute Gasteiger partial charge is 1.00 e. The van der Waals surface area contributed by atoms with E-state index in [-0.39, 0.29) is 134 Å². The number of hydrogen-bond acceptors (Lipinski definition) is 14. The molecule has 292 valence electrons. The first-order valence-corrected chi connectivity index (χ1v) is 22.4. The second-order valence-corrected chi connectivity index (χ2v) is 19.2. The number of hydrogen-bond donors (Lipinski definition) is 1. The summed E-state index contributed by atoms with van der Waals surface area (Å²) >= 11 is 0. The number of carbonyl (C=O) groups is 1. The number of fused-ring (bicyclic) bond motifs is 2. The molecule has 0 fully saturated rings. The molecular formula is C33H39N2Na3O14S4. The predicted molar refractivity (Wildman–Crippen MR) is 187 cm³/mol. The van der Waals surface area contributed by atoms with Crippen molar-refractivity contribution >= 4 is 63.5 Å². The van der Waals surface area contributed by atoms with Crippen molar-refractivity contribution in [3.8, 4) is 0 Å². The van der Waals surface area contributed by atoms with E-state index in [2.05, 4.69) is 0 Å². The van der Waals surface area contributed by atoms with Gasteiger partial charge in [0.1, 0.15) is 26.8 Å². The van der Waals surface area contributed by atoms with E-state index in [1.54, 1.807) is 36.7 Å². The van der Waals surface area contributed by atoms with Gasteiger partial charge in [-0.05, 0) is 94.8 Å². The van der Waals surface area contributed by atoms with E-state index in [0.29, 0.717) is 40.5 Å². The Balaban J connectivity index is 0.00000523. The maximum Gasteiger partial charge on any atom is 1.00 e. The Bertz CT molecular complexity index is 2350. The number of carboxylic acids is 1. The number of carboxylic acid groups (broad SMARTS) is 1. The number of anilines is 1. The molecule has 0 aromatic heterocycles. The van der Waals surface area contributed by atoms with Crippen molar-refractivity contribution in [3.05, 3.63) is 71.5 Å². The average Bonchev–Trinajstić information content (AvgIpc) is 3.39. The van der Waals surface area contributed by atoms with Gasteiger partial charge in [-0.15, -0.1) is 0 Å². The normalized spacial score (nSPS) is 20.3. The zero-order valence-electron chi connectivity index (χ0n) is 32.0. The molecule has 0 saturated heterocycles. The van der Waals surface area contributed by atoms with Crippen molar-refractivity contribution < 1.29 is 155 Å². The number of aliphatic carboxylic acids is 1. The van der Waals surface area contributed by atoms with Crippen LogP contribution in [0.5, 0.6) is 0 Å². The van der Waals surface area contributed by atoms with Gasteiger partial charge in [0, 0.05) is 59.2 Å². The minimum absolute atomic E-state index is 0. The molecule has 2 heterocycles. The number of benzene rings is 2. The molecule has 2 unspecified atom stereocenters. The van der Waals surface area contributed by atoms with E-state index in [9.17, 15) is 61.8 Å². The second kappa shape index (κ2) is 20.4. The summed E-state index contributed by atoms with van der Waals surface area (Å²) in [6.45, 7) is 5.56. The van der Waals surface area contributed by atoms with Gasteiger partial charge in [-0.1, -0.05) is 6.08 Å². The van der Waals surface area contributed by atoms with E-state index < -0.39 is 78.6 Å². The van der Waals surface area contributed by atoms with Gasteiger partial charge in [-0.25, -0.2) is 25.3 Å². The third-order valence-electron chi connectivity index (χ3n) is 9.73. The van der Waals surface area contributed by atoms with Crippen LogP contribution >= 0.6 is 0 Å². The summed E-state index contributed by atoms with van der Waals surface area (Å²) in [5.41, 5.74) is 0.446. The van der Waals surface area contributed by atoms with Crippen LogP contribution in [0.15, 0.2) is 70.1 Å². The molecule has 16 nitrogen and oxygen atoms in total. The molecule has 0 saturated carbocycles. The Kier molecular flexibility index (Phi) is 19.5. The summed E-state index contributed by atoms with van der Waals surface area (Å²) in [4.78, 5) is 12.2. The molecule has 2 aliphatic rings. The van der Waals surface area contributed by atoms with Crippen LogP contribution in [0.25, 0.3) is 0 Å². The van der Waals surface area contributed by atoms with Crippen molar-refractivity contribution in [2.75, 3.05) is 29.5 Å². The van der Waals surface area contributed by atoms with Gasteiger partial charge >= 0.3 is 88.7 Å². The molecular weight excluding hydrogens is 846 g/mol. The fraction of sp³-hybridized carbons (Fsp3) is 0.455. The third kappa shape index (κ3) is 12.8. The number of carbonyl (C=O) groups excluding carboxylic acids is 1. The number of rotatable bonds is 17. The Morgan fingerprint density at radius 2 is 1.36 bits per heavy atom. The second-order valence-electron chi connectivity index (χ2n) is 13.4. The fourth-order valence-electron chi connectivity index (χ4n) is 7.31. The topological polar surface area (TPSA) is 272 Å². The SMILES string of the molecule is CCN1C(=CC=CC2=[N+](CCCS(=O)(=O)O)c3ccc(S(=O)(=O)[O-])cc3C2(C)CCCC(=O)[O-])C(C)(CCCS(=O)(=O)[O-])c2cc(S(=O)(=O)[O-])ccc21.[Na+].[Na+].[Na+]. The quantitative estimate of drug-likeness (QED) is 0.0878. The molecule has 0 amide bonds. The molecule has 0 bridgehead atoms. The van der Waals surface area contributed by atoms with Gasteiger partial charge in [-0.2, -0.15) is 13.0 Å². The Morgan fingerprint density at radius 3 is 1.88 bits per heavy atom. The molecule has 2 aromatic carbocycles. The summed E-state index contributed by atoms with van der Waals surface area (Å²) in [6.07, 6.45) is 4.60. The Labute approximate surface area is 394 Å². The molecule has 0 aliphatic carbocycles. The molecule has 56 heavy (non-hydrogen) atoms. The third-order valence-corrected chi connectivity index (χ3v) is 13.0. The monoisotopic (exact) mass is 884 g/mol. The van der Waals surface area contributed by atoms with Crippen molar-refractivity contribution in [2.45, 2.75) is 79.9 Å². The van der Waals surface area contributed by atoms with Crippen LogP contribution in [-0.2, 0) is 56.1 Å². The van der Waals surface area contributed by atoms with Gasteiger partial charge in [-0.3, -0.25) is 4.55 Å². The molecule has 2 atom stereocenters. The number of nitrogens with zero attached hydrogens (tertiary/aromatic N) is 2. The zero-order chi connectivity index (χ0) is 39.8. The van der Waals surface area contributed by atoms with Gasteiger partial charge < -0.3 is 28.5 Å². The maximum absolute atomic E-state index is 12.0. The van der Waals surface area contributed by atoms with Crippen LogP contribution in [0.3, 0.4) is 0 Å². The van der Waals surface area contributed by atoms with Gasteiger partial charge in [0.25, 0.3) is 10.1 Å². The summed E-state index contributed by atoms with van der Waals surface area (Å²) < 4.78 is 141. The molecule has 0 radical (unpaired) electrons. The van der Waals surface area contributed by atoms with Crippen molar-refractivity contribution in [2.24, 2.45) is 0 Å². The van der Waals surface area contributed by atoms with Crippen molar-refractivity contribution in [1.82, 2.24) is 0 Å².